The summed E-state index contributed by atoms with van der Waals surface area (Å²) in [4.78, 5) is 13.8. The van der Waals surface area contributed by atoms with Gasteiger partial charge < -0.3 is 9.64 Å². The molecule has 3 aromatic carbocycles. The van der Waals surface area contributed by atoms with Crippen LogP contribution in [-0.2, 0) is 6.54 Å². The van der Waals surface area contributed by atoms with E-state index in [1.165, 1.54) is 11.0 Å². The van der Waals surface area contributed by atoms with E-state index in [1.54, 1.807) is 14.2 Å². The van der Waals surface area contributed by atoms with Crippen molar-refractivity contribution in [3.63, 3.8) is 0 Å². The van der Waals surface area contributed by atoms with Crippen molar-refractivity contribution in [3.8, 4) is 5.75 Å². The zero-order chi connectivity index (χ0) is 18.0. The topological polar surface area (TPSA) is 29.5 Å². The van der Waals surface area contributed by atoms with Crippen molar-refractivity contribution in [1.82, 2.24) is 4.90 Å². The lowest BCUT2D eigenvalue weighted by atomic mass is 10.1. The van der Waals surface area contributed by atoms with Crippen molar-refractivity contribution in [1.29, 1.82) is 0 Å². The van der Waals surface area contributed by atoms with Crippen molar-refractivity contribution in [3.05, 3.63) is 77.4 Å². The molecule has 3 nitrogen and oxygen atoms in total. The first-order valence-corrected chi connectivity index (χ1v) is 7.75. The molecule has 0 fully saturated rings. The van der Waals surface area contributed by atoms with E-state index in [0.29, 0.717) is 6.54 Å². The zero-order valence-corrected chi connectivity index (χ0v) is 13.9. The maximum atomic E-state index is 13.3. The van der Waals surface area contributed by atoms with E-state index in [4.69, 9.17) is 4.74 Å². The largest absolute Gasteiger partial charge is 0.497 e. The monoisotopic (exact) mass is 341 g/mol. The standard InChI is InChI=1S/C20H17F2NO2/c1-23(20(24)16-6-8-18(21)19(22)11-16)12-13-3-4-15-10-17(25-2)7-5-14(15)9-13/h3-11H,12H2,1-2H3. The third kappa shape index (κ3) is 3.60. The summed E-state index contributed by atoms with van der Waals surface area (Å²) in [6.45, 7) is 0.361. The molecule has 0 bridgehead atoms. The second-order valence-corrected chi connectivity index (χ2v) is 5.84. The summed E-state index contributed by atoms with van der Waals surface area (Å²) in [5.74, 6) is -1.58. The fourth-order valence-electron chi connectivity index (χ4n) is 2.69. The minimum Gasteiger partial charge on any atom is -0.497 e. The second-order valence-electron chi connectivity index (χ2n) is 5.84. The summed E-state index contributed by atoms with van der Waals surface area (Å²) in [5, 5.41) is 2.07. The molecule has 0 spiro atoms. The Kier molecular flexibility index (Phi) is 4.65. The highest BCUT2D eigenvalue weighted by Crippen LogP contribution is 2.22. The molecule has 0 unspecified atom stereocenters. The number of hydrogen-bond acceptors (Lipinski definition) is 2. The molecular formula is C20H17F2NO2. The molecule has 0 heterocycles. The second kappa shape index (κ2) is 6.89. The number of ether oxygens (including phenoxy) is 1. The summed E-state index contributed by atoms with van der Waals surface area (Å²) in [6.07, 6.45) is 0. The number of fused-ring (bicyclic) bond motifs is 1. The lowest BCUT2D eigenvalue weighted by Crippen LogP contribution is -2.26. The molecule has 0 atom stereocenters. The maximum Gasteiger partial charge on any atom is 0.254 e. The van der Waals surface area contributed by atoms with Gasteiger partial charge in [0, 0.05) is 19.2 Å². The van der Waals surface area contributed by atoms with E-state index in [0.717, 1.165) is 34.2 Å². The number of nitrogens with zero attached hydrogens (tertiary/aromatic N) is 1. The van der Waals surface area contributed by atoms with Crippen molar-refractivity contribution in [2.45, 2.75) is 6.54 Å². The van der Waals surface area contributed by atoms with Gasteiger partial charge in [-0.2, -0.15) is 0 Å². The van der Waals surface area contributed by atoms with Crippen LogP contribution in [0, 0.1) is 11.6 Å². The number of amides is 1. The van der Waals surface area contributed by atoms with Crippen LogP contribution in [0.15, 0.2) is 54.6 Å². The molecule has 1 amide bonds. The van der Waals surface area contributed by atoms with Crippen molar-refractivity contribution < 1.29 is 18.3 Å². The van der Waals surface area contributed by atoms with Crippen molar-refractivity contribution >= 4 is 16.7 Å². The molecule has 0 aromatic heterocycles. The first-order valence-electron chi connectivity index (χ1n) is 7.75. The van der Waals surface area contributed by atoms with Crippen LogP contribution in [0.2, 0.25) is 0 Å². The fourth-order valence-corrected chi connectivity index (χ4v) is 2.69. The number of carbonyl (C=O) groups is 1. The molecular weight excluding hydrogens is 324 g/mol. The number of halogens is 2. The van der Waals surface area contributed by atoms with Crippen LogP contribution in [-0.4, -0.2) is 25.0 Å². The Morgan fingerprint density at radius 3 is 2.40 bits per heavy atom. The van der Waals surface area contributed by atoms with E-state index in [9.17, 15) is 13.6 Å². The van der Waals surface area contributed by atoms with Gasteiger partial charge in [0.25, 0.3) is 5.91 Å². The Balaban J connectivity index is 1.79. The molecule has 0 radical (unpaired) electrons. The van der Waals surface area contributed by atoms with Crippen LogP contribution in [0.5, 0.6) is 5.75 Å². The van der Waals surface area contributed by atoms with Crippen LogP contribution in [0.4, 0.5) is 8.78 Å². The normalized spacial score (nSPS) is 10.7. The highest BCUT2D eigenvalue weighted by Gasteiger charge is 2.14. The molecule has 128 valence electrons. The first kappa shape index (κ1) is 16.9. The van der Waals surface area contributed by atoms with Gasteiger partial charge in [-0.05, 0) is 52.7 Å². The third-order valence-electron chi connectivity index (χ3n) is 4.04. The molecule has 3 rings (SSSR count). The summed E-state index contributed by atoms with van der Waals surface area (Å²) in [5.41, 5.74) is 1.06. The smallest absolute Gasteiger partial charge is 0.254 e. The Bertz CT molecular complexity index is 940. The van der Waals surface area contributed by atoms with Crippen LogP contribution < -0.4 is 4.74 Å². The zero-order valence-electron chi connectivity index (χ0n) is 13.9. The minimum absolute atomic E-state index is 0.118. The molecule has 0 aliphatic carbocycles. The average molecular weight is 341 g/mol. The van der Waals surface area contributed by atoms with Gasteiger partial charge in [-0.15, -0.1) is 0 Å². The van der Waals surface area contributed by atoms with E-state index in [2.05, 4.69) is 0 Å². The predicted octanol–water partition coefficient (Wildman–Crippen LogP) is 4.40. The molecule has 0 aliphatic heterocycles. The SMILES string of the molecule is COc1ccc2cc(CN(C)C(=O)c3ccc(F)c(F)c3)ccc2c1. The van der Waals surface area contributed by atoms with E-state index < -0.39 is 11.6 Å². The van der Waals surface area contributed by atoms with Crippen LogP contribution in [0.1, 0.15) is 15.9 Å². The highest BCUT2D eigenvalue weighted by atomic mass is 19.2. The first-order chi connectivity index (χ1) is 12.0. The number of methoxy groups -OCH3 is 1. The Morgan fingerprint density at radius 1 is 0.960 bits per heavy atom. The van der Waals surface area contributed by atoms with Gasteiger partial charge >= 0.3 is 0 Å². The van der Waals surface area contributed by atoms with Crippen molar-refractivity contribution in [2.24, 2.45) is 0 Å². The van der Waals surface area contributed by atoms with Crippen molar-refractivity contribution in [2.75, 3.05) is 14.2 Å². The number of rotatable bonds is 4. The number of carbonyl (C=O) groups excluding carboxylic acids is 1. The van der Waals surface area contributed by atoms with Gasteiger partial charge in [-0.1, -0.05) is 18.2 Å². The summed E-state index contributed by atoms with van der Waals surface area (Å²) in [6, 6.07) is 14.8. The predicted molar refractivity (Wildman–Crippen MR) is 92.7 cm³/mol. The average Bonchev–Trinajstić information content (AvgIpc) is 2.62. The molecule has 25 heavy (non-hydrogen) atoms. The van der Waals surface area contributed by atoms with E-state index in [1.807, 2.05) is 36.4 Å². The van der Waals surface area contributed by atoms with Gasteiger partial charge in [-0.25, -0.2) is 8.78 Å². The van der Waals surface area contributed by atoms with E-state index >= 15 is 0 Å². The van der Waals surface area contributed by atoms with Crippen LogP contribution in [0.25, 0.3) is 10.8 Å². The Morgan fingerprint density at radius 2 is 1.68 bits per heavy atom. The summed E-state index contributed by atoms with van der Waals surface area (Å²) in [7, 11) is 3.25. The lowest BCUT2D eigenvalue weighted by molar-refractivity contribution is 0.0784. The molecule has 0 saturated heterocycles. The number of benzene rings is 3. The van der Waals surface area contributed by atoms with Gasteiger partial charge in [0.2, 0.25) is 0 Å². The van der Waals surface area contributed by atoms with Crippen LogP contribution >= 0.6 is 0 Å². The minimum atomic E-state index is -1.03. The van der Waals surface area contributed by atoms with Gasteiger partial charge in [-0.3, -0.25) is 4.79 Å². The van der Waals surface area contributed by atoms with E-state index in [-0.39, 0.29) is 11.5 Å². The molecule has 3 aromatic rings. The Hall–Kier alpha value is -2.95. The van der Waals surface area contributed by atoms with Gasteiger partial charge in [0.1, 0.15) is 5.75 Å². The summed E-state index contributed by atoms with van der Waals surface area (Å²) < 4.78 is 31.5. The Labute approximate surface area is 144 Å². The maximum absolute atomic E-state index is 13.3. The molecule has 0 N–H and O–H groups in total. The molecule has 5 heteroatoms. The fraction of sp³-hybridized carbons (Fsp3) is 0.150. The van der Waals surface area contributed by atoms with Crippen LogP contribution in [0.3, 0.4) is 0 Å². The molecule has 0 aliphatic rings. The third-order valence-corrected chi connectivity index (χ3v) is 4.04. The van der Waals surface area contributed by atoms with Gasteiger partial charge in [0.05, 0.1) is 7.11 Å². The quantitative estimate of drug-likeness (QED) is 0.704. The summed E-state index contributed by atoms with van der Waals surface area (Å²) >= 11 is 0. The molecule has 0 saturated carbocycles. The lowest BCUT2D eigenvalue weighted by Gasteiger charge is -2.18. The number of hydrogen-bond donors (Lipinski definition) is 0. The highest BCUT2D eigenvalue weighted by molar-refractivity contribution is 5.94. The van der Waals surface area contributed by atoms with Gasteiger partial charge in [0.15, 0.2) is 11.6 Å².